The molecule has 5 rings (SSSR count). The highest BCUT2D eigenvalue weighted by molar-refractivity contribution is 7.53. The number of nitrogens with zero attached hydrogens (tertiary/aromatic N) is 4. The third kappa shape index (κ3) is 6.32. The van der Waals surface area contributed by atoms with Crippen LogP contribution < -0.4 is 5.32 Å². The number of hydrogen-bond acceptors (Lipinski definition) is 11. The Morgan fingerprint density at radius 2 is 1.83 bits per heavy atom. The fourth-order valence-corrected chi connectivity index (χ4v) is 6.57. The molecule has 12 nitrogen and oxygen atoms in total. The van der Waals surface area contributed by atoms with Crippen molar-refractivity contribution < 1.29 is 32.6 Å². The third-order valence-electron chi connectivity index (χ3n) is 6.91. The van der Waals surface area contributed by atoms with Crippen LogP contribution in [0.25, 0.3) is 11.0 Å². The Hall–Kier alpha value is -2.88. The van der Waals surface area contributed by atoms with Crippen LogP contribution >= 0.6 is 7.60 Å². The highest BCUT2D eigenvalue weighted by Crippen LogP contribution is 2.49. The summed E-state index contributed by atoms with van der Waals surface area (Å²) in [4.78, 5) is 8.98. The summed E-state index contributed by atoms with van der Waals surface area (Å²) in [5.74, 6) is -0.279. The summed E-state index contributed by atoms with van der Waals surface area (Å²) in [6, 6.07) is 13.9. The van der Waals surface area contributed by atoms with Gasteiger partial charge in [-0.1, -0.05) is 30.3 Å². The molecule has 2 aliphatic heterocycles. The van der Waals surface area contributed by atoms with Gasteiger partial charge in [0.15, 0.2) is 12.0 Å². The molecule has 0 aliphatic carbocycles. The van der Waals surface area contributed by atoms with Crippen molar-refractivity contribution in [2.45, 2.75) is 71.0 Å². The number of anilines is 1. The minimum Gasteiger partial charge on any atom is -0.366 e. The van der Waals surface area contributed by atoms with Gasteiger partial charge in [-0.15, -0.1) is 0 Å². The number of nitriles is 1. The molecule has 2 aliphatic rings. The van der Waals surface area contributed by atoms with E-state index in [-0.39, 0.29) is 38.0 Å². The molecular formula is C28H36N5O7P. The first-order valence-electron chi connectivity index (χ1n) is 13.7. The van der Waals surface area contributed by atoms with Gasteiger partial charge in [0, 0.05) is 12.2 Å². The standard InChI is InChI=1S/C28H36N5O7P/c1-6-36-41(34,37-7-2)17-35-16-21-23-24(40-28(4,5)39-23)27(38-21)33-14-13-20-25(31-22(15-29)32-26(20)33)30-18(3)19-11-9-8-10-12-19/h8-14,18,21,23-24,27H,6-7,16-17H2,1-5H3,(H,30,31,32)/t18?,21-,23-,24-,27-/m1/s1. The zero-order valence-electron chi connectivity index (χ0n) is 23.9. The SMILES string of the molecule is CCOP(=O)(COC[C@H]1O[C@@H](n2ccc3c(NC(C)c4ccccc4)nc(C#N)nc32)[C@@H]2OC(C)(C)O[C@@H]21)OCC. The Kier molecular flexibility index (Phi) is 8.78. The van der Waals surface area contributed by atoms with Crippen LogP contribution in [0.4, 0.5) is 5.82 Å². The largest absolute Gasteiger partial charge is 0.366 e. The molecule has 0 spiro atoms. The van der Waals surface area contributed by atoms with E-state index in [0.29, 0.717) is 11.5 Å². The van der Waals surface area contributed by atoms with Crippen LogP contribution in [0.1, 0.15) is 58.3 Å². The van der Waals surface area contributed by atoms with Crippen molar-refractivity contribution in [3.05, 3.63) is 54.0 Å². The van der Waals surface area contributed by atoms with Crippen molar-refractivity contribution in [1.82, 2.24) is 14.5 Å². The molecule has 2 fully saturated rings. The number of aromatic nitrogens is 3. The van der Waals surface area contributed by atoms with Gasteiger partial charge in [0.25, 0.3) is 0 Å². The zero-order chi connectivity index (χ0) is 29.2. The Morgan fingerprint density at radius 3 is 2.51 bits per heavy atom. The number of benzene rings is 1. The fourth-order valence-electron chi connectivity index (χ4n) is 5.23. The van der Waals surface area contributed by atoms with Gasteiger partial charge in [-0.2, -0.15) is 5.26 Å². The molecule has 0 amide bonds. The van der Waals surface area contributed by atoms with Gasteiger partial charge in [-0.25, -0.2) is 9.97 Å². The summed E-state index contributed by atoms with van der Waals surface area (Å²) in [6.07, 6.45) is -0.468. The maximum atomic E-state index is 12.9. The number of nitrogens with one attached hydrogen (secondary N) is 1. The molecule has 0 saturated carbocycles. The molecule has 220 valence electrons. The molecule has 41 heavy (non-hydrogen) atoms. The predicted octanol–water partition coefficient (Wildman–Crippen LogP) is 5.13. The lowest BCUT2D eigenvalue weighted by molar-refractivity contribution is -0.201. The summed E-state index contributed by atoms with van der Waals surface area (Å²) in [7, 11) is -3.38. The van der Waals surface area contributed by atoms with Crippen molar-refractivity contribution in [3.63, 3.8) is 0 Å². The minimum atomic E-state index is -3.38. The molecule has 1 unspecified atom stereocenters. The second-order valence-corrected chi connectivity index (χ2v) is 12.3. The van der Waals surface area contributed by atoms with E-state index in [4.69, 9.17) is 28.0 Å². The fraction of sp³-hybridized carbons (Fsp3) is 0.536. The van der Waals surface area contributed by atoms with E-state index in [9.17, 15) is 9.83 Å². The molecule has 13 heteroatoms. The van der Waals surface area contributed by atoms with E-state index in [2.05, 4.69) is 21.4 Å². The van der Waals surface area contributed by atoms with E-state index in [1.54, 1.807) is 13.8 Å². The monoisotopic (exact) mass is 585 g/mol. The van der Waals surface area contributed by atoms with Crippen molar-refractivity contribution in [2.24, 2.45) is 0 Å². The minimum absolute atomic E-state index is 0.0289. The maximum Gasteiger partial charge on any atom is 0.356 e. The van der Waals surface area contributed by atoms with Crippen molar-refractivity contribution in [2.75, 3.05) is 31.5 Å². The third-order valence-corrected chi connectivity index (χ3v) is 8.71. The second kappa shape index (κ2) is 12.2. The summed E-state index contributed by atoms with van der Waals surface area (Å²) in [5.41, 5.74) is 1.61. The van der Waals surface area contributed by atoms with Gasteiger partial charge in [0.05, 0.1) is 25.2 Å². The highest BCUT2D eigenvalue weighted by Gasteiger charge is 2.56. The molecule has 5 atom stereocenters. The predicted molar refractivity (Wildman–Crippen MR) is 150 cm³/mol. The molecule has 1 aromatic carbocycles. The van der Waals surface area contributed by atoms with Gasteiger partial charge in [0.2, 0.25) is 5.82 Å². The molecule has 4 heterocycles. The lowest BCUT2D eigenvalue weighted by Crippen LogP contribution is -2.33. The molecule has 0 radical (unpaired) electrons. The molecule has 3 aromatic rings. The highest BCUT2D eigenvalue weighted by atomic mass is 31.2. The summed E-state index contributed by atoms with van der Waals surface area (Å²) >= 11 is 0. The van der Waals surface area contributed by atoms with Gasteiger partial charge < -0.3 is 37.9 Å². The Labute approximate surface area is 239 Å². The topological polar surface area (TPSA) is 139 Å². The number of ether oxygens (including phenoxy) is 4. The smallest absolute Gasteiger partial charge is 0.356 e. The maximum absolute atomic E-state index is 12.9. The average Bonchev–Trinajstić information content (AvgIpc) is 3.60. The molecule has 2 aromatic heterocycles. The van der Waals surface area contributed by atoms with Crippen LogP contribution in [-0.2, 0) is 32.6 Å². The first-order chi connectivity index (χ1) is 19.7. The molecular weight excluding hydrogens is 549 g/mol. The Morgan fingerprint density at radius 1 is 1.12 bits per heavy atom. The van der Waals surface area contributed by atoms with Gasteiger partial charge >= 0.3 is 7.60 Å². The molecule has 0 bridgehead atoms. The quantitative estimate of drug-likeness (QED) is 0.283. The normalized spacial score (nSPS) is 24.3. The average molecular weight is 586 g/mol. The van der Waals surface area contributed by atoms with Crippen LogP contribution in [0.3, 0.4) is 0 Å². The van der Waals surface area contributed by atoms with Gasteiger partial charge in [-0.05, 0) is 46.2 Å². The van der Waals surface area contributed by atoms with E-state index >= 15 is 0 Å². The molecule has 1 N–H and O–H groups in total. The molecule has 2 saturated heterocycles. The zero-order valence-corrected chi connectivity index (χ0v) is 24.7. The van der Waals surface area contributed by atoms with Crippen LogP contribution in [0.15, 0.2) is 42.6 Å². The number of hydrogen-bond donors (Lipinski definition) is 1. The number of fused-ring (bicyclic) bond motifs is 2. The van der Waals surface area contributed by atoms with Crippen molar-refractivity contribution in [3.8, 4) is 6.07 Å². The lowest BCUT2D eigenvalue weighted by atomic mass is 10.1. The lowest BCUT2D eigenvalue weighted by Gasteiger charge is -2.25. The Balaban J connectivity index is 1.41. The van der Waals surface area contributed by atoms with E-state index in [1.807, 2.05) is 67.9 Å². The van der Waals surface area contributed by atoms with E-state index < -0.39 is 37.9 Å². The van der Waals surface area contributed by atoms with Crippen molar-refractivity contribution in [1.29, 1.82) is 5.26 Å². The van der Waals surface area contributed by atoms with E-state index in [0.717, 1.165) is 10.9 Å². The van der Waals surface area contributed by atoms with Gasteiger partial charge in [0.1, 0.15) is 42.2 Å². The van der Waals surface area contributed by atoms with E-state index in [1.165, 1.54) is 0 Å². The van der Waals surface area contributed by atoms with Crippen LogP contribution in [0.5, 0.6) is 0 Å². The number of rotatable bonds is 12. The summed E-state index contributed by atoms with van der Waals surface area (Å²) in [6.45, 7) is 9.78. The second-order valence-electron chi connectivity index (χ2n) is 10.3. The van der Waals surface area contributed by atoms with Crippen LogP contribution in [-0.4, -0.2) is 64.8 Å². The summed E-state index contributed by atoms with van der Waals surface area (Å²) < 4.78 is 50.1. The van der Waals surface area contributed by atoms with Gasteiger partial charge in [-0.3, -0.25) is 4.57 Å². The van der Waals surface area contributed by atoms with Crippen LogP contribution in [0, 0.1) is 11.3 Å². The first kappa shape index (κ1) is 29.6. The Bertz CT molecular complexity index is 1430. The summed E-state index contributed by atoms with van der Waals surface area (Å²) in [5, 5.41) is 13.9. The van der Waals surface area contributed by atoms with Crippen LogP contribution in [0.2, 0.25) is 0 Å². The van der Waals surface area contributed by atoms with Crippen molar-refractivity contribution >= 4 is 24.4 Å². The first-order valence-corrected chi connectivity index (χ1v) is 15.5.